The van der Waals surface area contributed by atoms with Crippen LogP contribution in [0.5, 0.6) is 17.4 Å². The van der Waals surface area contributed by atoms with Crippen molar-refractivity contribution in [1.82, 2.24) is 14.1 Å². The van der Waals surface area contributed by atoms with Crippen molar-refractivity contribution in [2.24, 2.45) is 7.05 Å². The van der Waals surface area contributed by atoms with Crippen LogP contribution in [0.15, 0.2) is 59.5 Å². The molecule has 0 bridgehead atoms. The predicted octanol–water partition coefficient (Wildman–Crippen LogP) is 7.36. The third kappa shape index (κ3) is 7.12. The van der Waals surface area contributed by atoms with Gasteiger partial charge in [-0.25, -0.2) is 13.1 Å². The van der Waals surface area contributed by atoms with Gasteiger partial charge in [-0.05, 0) is 73.7 Å². The number of aromatic nitrogens is 2. The molecule has 0 aliphatic rings. The van der Waals surface area contributed by atoms with Crippen molar-refractivity contribution < 1.29 is 41.0 Å². The van der Waals surface area contributed by atoms with Crippen LogP contribution in [0, 0.1) is 20.8 Å². The lowest BCUT2D eigenvalue weighted by molar-refractivity contribution is -0.142. The SMILES string of the molecule is COc1cc(C)c(S(=O)(=O)N(Cc2c(C(F)(F)F)nn(C)c2Oc2ccc(Cl)cc2Cl)C(Cc2ccccc2)C(=O)O)c(C)c1C. The molecule has 0 saturated heterocycles. The Balaban J connectivity index is 1.99. The second-order valence-electron chi connectivity index (χ2n) is 10.5. The van der Waals surface area contributed by atoms with Gasteiger partial charge < -0.3 is 14.6 Å². The summed E-state index contributed by atoms with van der Waals surface area (Å²) in [7, 11) is -2.24. The largest absolute Gasteiger partial charge is 0.496 e. The number of aryl methyl sites for hydroxylation is 2. The number of halogens is 5. The maximum atomic E-state index is 14.6. The highest BCUT2D eigenvalue weighted by Crippen LogP contribution is 2.41. The Morgan fingerprint density at radius 3 is 2.26 bits per heavy atom. The monoisotopic (exact) mass is 699 g/mol. The molecule has 246 valence electrons. The summed E-state index contributed by atoms with van der Waals surface area (Å²) in [6.07, 6.45) is -5.43. The van der Waals surface area contributed by atoms with Gasteiger partial charge in [0.05, 0.1) is 22.6 Å². The summed E-state index contributed by atoms with van der Waals surface area (Å²) < 4.78 is 85.2. The van der Waals surface area contributed by atoms with Gasteiger partial charge >= 0.3 is 12.1 Å². The van der Waals surface area contributed by atoms with E-state index in [4.69, 9.17) is 32.7 Å². The topological polar surface area (TPSA) is 111 Å². The van der Waals surface area contributed by atoms with E-state index in [1.165, 1.54) is 52.3 Å². The molecule has 1 aromatic heterocycles. The van der Waals surface area contributed by atoms with Crippen molar-refractivity contribution >= 4 is 39.2 Å². The Morgan fingerprint density at radius 1 is 1.04 bits per heavy atom. The van der Waals surface area contributed by atoms with Crippen LogP contribution in [0.3, 0.4) is 0 Å². The van der Waals surface area contributed by atoms with Gasteiger partial charge in [0.2, 0.25) is 15.9 Å². The molecule has 1 N–H and O–H groups in total. The van der Waals surface area contributed by atoms with Crippen LogP contribution in [0.4, 0.5) is 13.2 Å². The molecule has 3 aromatic carbocycles. The van der Waals surface area contributed by atoms with E-state index in [0.29, 0.717) is 21.2 Å². The number of nitrogens with zero attached hydrogens (tertiary/aromatic N) is 3. The quantitative estimate of drug-likeness (QED) is 0.174. The van der Waals surface area contributed by atoms with Crippen molar-refractivity contribution in [2.75, 3.05) is 7.11 Å². The first-order chi connectivity index (χ1) is 21.5. The number of aliphatic carboxylic acids is 1. The van der Waals surface area contributed by atoms with E-state index in [1.54, 1.807) is 37.3 Å². The molecule has 0 aliphatic heterocycles. The minimum Gasteiger partial charge on any atom is -0.496 e. The molecule has 4 aromatic rings. The first kappa shape index (κ1) is 35.1. The van der Waals surface area contributed by atoms with E-state index in [0.717, 1.165) is 4.68 Å². The van der Waals surface area contributed by atoms with Crippen LogP contribution < -0.4 is 9.47 Å². The smallest absolute Gasteiger partial charge is 0.435 e. The molecule has 0 saturated carbocycles. The molecule has 1 unspecified atom stereocenters. The lowest BCUT2D eigenvalue weighted by Gasteiger charge is -2.30. The molecule has 9 nitrogen and oxygen atoms in total. The summed E-state index contributed by atoms with van der Waals surface area (Å²) in [5.74, 6) is -1.77. The molecule has 0 amide bonds. The Labute approximate surface area is 274 Å². The summed E-state index contributed by atoms with van der Waals surface area (Å²) in [5, 5.41) is 14.2. The second kappa shape index (κ2) is 13.5. The lowest BCUT2D eigenvalue weighted by Crippen LogP contribution is -2.46. The number of carboxylic acid groups (broad SMARTS) is 1. The number of hydrogen-bond donors (Lipinski definition) is 1. The average molecular weight is 701 g/mol. The molecule has 4 rings (SSSR count). The van der Waals surface area contributed by atoms with Crippen LogP contribution in [0.1, 0.15) is 33.5 Å². The van der Waals surface area contributed by atoms with Crippen molar-refractivity contribution in [3.8, 4) is 17.4 Å². The molecule has 0 aliphatic carbocycles. The summed E-state index contributed by atoms with van der Waals surface area (Å²) >= 11 is 12.2. The first-order valence-corrected chi connectivity index (χ1v) is 15.9. The fourth-order valence-electron chi connectivity index (χ4n) is 5.13. The average Bonchev–Trinajstić information content (AvgIpc) is 3.29. The van der Waals surface area contributed by atoms with Gasteiger partial charge in [0.15, 0.2) is 5.69 Å². The van der Waals surface area contributed by atoms with E-state index in [1.807, 2.05) is 0 Å². The van der Waals surface area contributed by atoms with Gasteiger partial charge in [0.25, 0.3) is 0 Å². The molecular formula is C31H30Cl2F3N3O6S. The summed E-state index contributed by atoms with van der Waals surface area (Å²) in [5.41, 5.74) is -0.817. The third-order valence-electron chi connectivity index (χ3n) is 7.44. The van der Waals surface area contributed by atoms with Crippen molar-refractivity contribution in [2.45, 2.75) is 50.9 Å². The maximum absolute atomic E-state index is 14.6. The number of carboxylic acids is 1. The van der Waals surface area contributed by atoms with Gasteiger partial charge in [-0.1, -0.05) is 53.5 Å². The van der Waals surface area contributed by atoms with Crippen LogP contribution in [0.2, 0.25) is 10.0 Å². The van der Waals surface area contributed by atoms with Crippen molar-refractivity contribution in [3.63, 3.8) is 0 Å². The van der Waals surface area contributed by atoms with Gasteiger partial charge in [-0.15, -0.1) is 0 Å². The maximum Gasteiger partial charge on any atom is 0.435 e. The molecule has 0 spiro atoms. The summed E-state index contributed by atoms with van der Waals surface area (Å²) in [6.45, 7) is 3.57. The molecule has 0 radical (unpaired) electrons. The number of ether oxygens (including phenoxy) is 2. The summed E-state index contributed by atoms with van der Waals surface area (Å²) in [4.78, 5) is 12.6. The van der Waals surface area contributed by atoms with E-state index in [-0.39, 0.29) is 38.2 Å². The predicted molar refractivity (Wildman–Crippen MR) is 166 cm³/mol. The minimum absolute atomic E-state index is 0.0369. The molecule has 1 atom stereocenters. The number of carbonyl (C=O) groups is 1. The van der Waals surface area contributed by atoms with Gasteiger partial charge in [0.1, 0.15) is 17.5 Å². The van der Waals surface area contributed by atoms with Crippen LogP contribution in [-0.2, 0) is 41.0 Å². The normalized spacial score (nSPS) is 12.8. The minimum atomic E-state index is -5.07. The van der Waals surface area contributed by atoms with Gasteiger partial charge in [0, 0.05) is 18.6 Å². The fraction of sp³-hybridized carbons (Fsp3) is 0.290. The van der Waals surface area contributed by atoms with E-state index < -0.39 is 51.9 Å². The van der Waals surface area contributed by atoms with E-state index in [2.05, 4.69) is 5.10 Å². The first-order valence-electron chi connectivity index (χ1n) is 13.7. The zero-order valence-electron chi connectivity index (χ0n) is 25.3. The van der Waals surface area contributed by atoms with Crippen molar-refractivity contribution in [1.29, 1.82) is 0 Å². The fourth-order valence-corrected chi connectivity index (χ4v) is 7.61. The standard InChI is InChI=1S/C31H30Cl2F3N3O6S/c1-17-13-26(44-5)18(2)19(3)27(17)46(42,43)39(24(30(40)41)14-20-9-7-6-8-10-20)16-22-28(31(34,35)36)37-38(4)29(22)45-25-12-11-21(32)15-23(25)33/h6-13,15,24H,14,16H2,1-5H3,(H,40,41). The number of alkyl halides is 3. The Kier molecular flexibility index (Phi) is 10.3. The van der Waals surface area contributed by atoms with Gasteiger partial charge in [-0.3, -0.25) is 4.79 Å². The Morgan fingerprint density at radius 2 is 1.70 bits per heavy atom. The highest BCUT2D eigenvalue weighted by atomic mass is 35.5. The molecule has 46 heavy (non-hydrogen) atoms. The highest BCUT2D eigenvalue weighted by Gasteiger charge is 2.44. The summed E-state index contributed by atoms with van der Waals surface area (Å²) in [6, 6.07) is 11.8. The van der Waals surface area contributed by atoms with Crippen LogP contribution in [-0.4, -0.2) is 46.7 Å². The van der Waals surface area contributed by atoms with E-state index in [9.17, 15) is 31.5 Å². The lowest BCUT2D eigenvalue weighted by atomic mass is 10.1. The van der Waals surface area contributed by atoms with E-state index >= 15 is 0 Å². The third-order valence-corrected chi connectivity index (χ3v) is 10.1. The molecule has 0 fully saturated rings. The Hall–Kier alpha value is -3.78. The highest BCUT2D eigenvalue weighted by molar-refractivity contribution is 7.89. The number of rotatable bonds is 11. The molecule has 15 heteroatoms. The zero-order valence-corrected chi connectivity index (χ0v) is 27.6. The number of sulfonamides is 1. The number of hydrogen-bond acceptors (Lipinski definition) is 6. The van der Waals surface area contributed by atoms with Gasteiger partial charge in [-0.2, -0.15) is 22.6 Å². The van der Waals surface area contributed by atoms with Crippen molar-refractivity contribution in [3.05, 3.63) is 98.2 Å². The zero-order chi connectivity index (χ0) is 34.1. The molecule has 1 heterocycles. The van der Waals surface area contributed by atoms with Crippen LogP contribution in [0.25, 0.3) is 0 Å². The second-order valence-corrected chi connectivity index (χ2v) is 13.2. The number of methoxy groups -OCH3 is 1. The Bertz CT molecular complexity index is 1880. The van der Waals surface area contributed by atoms with Crippen LogP contribution >= 0.6 is 23.2 Å². The number of benzene rings is 3. The molecular weight excluding hydrogens is 670 g/mol.